The fourth-order valence-electron chi connectivity index (χ4n) is 8.50. The van der Waals surface area contributed by atoms with Gasteiger partial charge in [0.05, 0.1) is 23.6 Å². The summed E-state index contributed by atoms with van der Waals surface area (Å²) < 4.78 is 5.55. The van der Waals surface area contributed by atoms with Crippen molar-refractivity contribution in [3.8, 4) is 0 Å². The molecule has 1 aromatic heterocycles. The number of pyridine rings is 1. The van der Waals surface area contributed by atoms with Crippen LogP contribution in [0.15, 0.2) is 71.5 Å². The van der Waals surface area contributed by atoms with Gasteiger partial charge in [-0.3, -0.25) is 33.8 Å². The Hall–Kier alpha value is -6.71. The van der Waals surface area contributed by atoms with E-state index in [1.165, 1.54) is 12.6 Å². The van der Waals surface area contributed by atoms with Gasteiger partial charge in [0.15, 0.2) is 5.78 Å². The highest BCUT2D eigenvalue weighted by molar-refractivity contribution is 6.08. The number of hydrogen-bond donors (Lipinski definition) is 5. The van der Waals surface area contributed by atoms with E-state index in [0.29, 0.717) is 77.5 Å². The molecule has 390 valence electrons. The summed E-state index contributed by atoms with van der Waals surface area (Å²) in [4.78, 5) is 102. The van der Waals surface area contributed by atoms with Gasteiger partial charge in [0.25, 0.3) is 5.91 Å². The number of esters is 1. The number of nitrogens with one attached hydrogen (secondary N) is 3. The summed E-state index contributed by atoms with van der Waals surface area (Å²) >= 11 is 0. The molecule has 16 heteroatoms. The summed E-state index contributed by atoms with van der Waals surface area (Å²) in [7, 11) is 0. The maximum Gasteiger partial charge on any atom is 0.312 e. The van der Waals surface area contributed by atoms with E-state index in [-0.39, 0.29) is 80.4 Å². The van der Waals surface area contributed by atoms with Crippen LogP contribution >= 0.6 is 0 Å². The number of unbranched alkanes of at least 4 members (excludes halogenated alkanes) is 3. The minimum atomic E-state index is -0.842. The van der Waals surface area contributed by atoms with E-state index >= 15 is 0 Å². The third-order valence-corrected chi connectivity index (χ3v) is 12.5. The highest BCUT2D eigenvalue weighted by Gasteiger charge is 2.29. The quantitative estimate of drug-likeness (QED) is 0.0303. The predicted octanol–water partition coefficient (Wildman–Crippen LogP) is 8.71. The number of nitrogens with zero attached hydrogens (tertiary/aromatic N) is 3. The normalized spacial score (nSPS) is 12.9. The van der Waals surface area contributed by atoms with Crippen LogP contribution in [0.3, 0.4) is 0 Å². The van der Waals surface area contributed by atoms with Crippen molar-refractivity contribution in [2.75, 3.05) is 25.0 Å². The van der Waals surface area contributed by atoms with Crippen LogP contribution in [0.4, 0.5) is 16.2 Å². The Morgan fingerprint density at radius 2 is 1.51 bits per heavy atom. The van der Waals surface area contributed by atoms with Gasteiger partial charge in [-0.25, -0.2) is 9.79 Å². The molecule has 2 aromatic carbocycles. The van der Waals surface area contributed by atoms with Gasteiger partial charge in [0.1, 0.15) is 18.2 Å². The summed E-state index contributed by atoms with van der Waals surface area (Å²) in [5.41, 5.74) is 16.1. The number of anilines is 1. The standard InChI is InChI=1S/C56H78N8O8/c1-7-26-64(27-8-2)55(70)44-30-42-22-23-43(31-49(42)62-51(57)32-44)53(68)61-45-28-41(34-59-35-45)21-24-52(67)72-36-40-19-17-39(18-20-40)29-50(66)48(16-13-25-60-56(58)71)63-54(69)47(38(5)6)33-46(65)15-12-10-9-11-14-37(3)4/h17-20,22-23,28,30-31,34-35,37-38,47-48H,7-16,21,24-27,29,32-33,36H2,1-6H3,(H2,57,62)(H,61,68)(H,63,69)(H3,58,60,71)/t47-,48-/m0/s1. The molecule has 72 heavy (non-hydrogen) atoms. The first kappa shape index (κ1) is 57.9. The average molecular weight is 991 g/mol. The number of benzene rings is 2. The van der Waals surface area contributed by atoms with Crippen LogP contribution in [0.25, 0.3) is 6.08 Å². The van der Waals surface area contributed by atoms with Crippen molar-refractivity contribution in [3.63, 3.8) is 0 Å². The third-order valence-electron chi connectivity index (χ3n) is 12.5. The molecule has 16 nitrogen and oxygen atoms in total. The molecule has 4 rings (SSSR count). The molecule has 1 aliphatic heterocycles. The van der Waals surface area contributed by atoms with Crippen LogP contribution in [-0.4, -0.2) is 82.7 Å². The molecule has 0 aliphatic carbocycles. The van der Waals surface area contributed by atoms with Crippen LogP contribution in [0.5, 0.6) is 0 Å². The van der Waals surface area contributed by atoms with Gasteiger partial charge in [-0.15, -0.1) is 0 Å². The van der Waals surface area contributed by atoms with Gasteiger partial charge in [-0.2, -0.15) is 0 Å². The van der Waals surface area contributed by atoms with Crippen molar-refractivity contribution in [1.82, 2.24) is 20.5 Å². The monoisotopic (exact) mass is 991 g/mol. The summed E-state index contributed by atoms with van der Waals surface area (Å²) in [5.74, 6) is -1.15. The zero-order valence-electron chi connectivity index (χ0n) is 43.4. The highest BCUT2D eigenvalue weighted by Crippen LogP contribution is 2.29. The van der Waals surface area contributed by atoms with Crippen molar-refractivity contribution in [1.29, 1.82) is 0 Å². The van der Waals surface area contributed by atoms with E-state index in [2.05, 4.69) is 39.8 Å². The number of carbonyl (C=O) groups is 7. The second-order valence-corrected chi connectivity index (χ2v) is 19.6. The van der Waals surface area contributed by atoms with Gasteiger partial charge < -0.3 is 37.1 Å². The Morgan fingerprint density at radius 1 is 0.806 bits per heavy atom. The third kappa shape index (κ3) is 20.2. The van der Waals surface area contributed by atoms with E-state index < -0.39 is 29.9 Å². The smallest absolute Gasteiger partial charge is 0.312 e. The molecular formula is C56H78N8O8. The first-order chi connectivity index (χ1) is 34.5. The number of aromatic nitrogens is 1. The molecule has 1 aliphatic rings. The van der Waals surface area contributed by atoms with Gasteiger partial charge in [-0.1, -0.05) is 97.6 Å². The van der Waals surface area contributed by atoms with Gasteiger partial charge in [0.2, 0.25) is 11.8 Å². The Kier molecular flexibility index (Phi) is 24.3. The highest BCUT2D eigenvalue weighted by atomic mass is 16.5. The first-order valence-corrected chi connectivity index (χ1v) is 25.8. The van der Waals surface area contributed by atoms with Crippen LogP contribution in [0, 0.1) is 17.8 Å². The zero-order valence-corrected chi connectivity index (χ0v) is 43.4. The average Bonchev–Trinajstić information content (AvgIpc) is 3.51. The Balaban J connectivity index is 1.28. The van der Waals surface area contributed by atoms with E-state index in [4.69, 9.17) is 16.2 Å². The number of aryl methyl sites for hydroxylation is 1. The number of ether oxygens (including phenoxy) is 1. The molecule has 5 amide bonds. The number of aliphatic imine (C=N–C) groups is 1. The number of urea groups is 1. The molecule has 0 fully saturated rings. The van der Waals surface area contributed by atoms with Crippen molar-refractivity contribution >= 4 is 64.6 Å². The molecule has 7 N–H and O–H groups in total. The van der Waals surface area contributed by atoms with Crippen LogP contribution < -0.4 is 27.4 Å². The lowest BCUT2D eigenvalue weighted by Crippen LogP contribution is -2.46. The number of nitrogens with two attached hydrogens (primary N) is 2. The lowest BCUT2D eigenvalue weighted by molar-refractivity contribution is -0.145. The second kappa shape index (κ2) is 30.2. The number of fused-ring (bicyclic) bond motifs is 1. The molecule has 0 saturated carbocycles. The van der Waals surface area contributed by atoms with Crippen LogP contribution in [0.1, 0.15) is 158 Å². The van der Waals surface area contributed by atoms with E-state index in [0.717, 1.165) is 44.1 Å². The van der Waals surface area contributed by atoms with Crippen LogP contribution in [-0.2, 0) is 48.2 Å². The number of primary amides is 1. The molecule has 0 unspecified atom stereocenters. The summed E-state index contributed by atoms with van der Waals surface area (Å²) in [6.45, 7) is 13.8. The molecule has 3 aromatic rings. The number of rotatable bonds is 31. The van der Waals surface area contributed by atoms with Crippen LogP contribution in [0.2, 0.25) is 0 Å². The Bertz CT molecular complexity index is 2370. The minimum Gasteiger partial charge on any atom is -0.461 e. The van der Waals surface area contributed by atoms with Gasteiger partial charge >= 0.3 is 12.0 Å². The number of hydrogen-bond acceptors (Lipinski definition) is 11. The maximum absolute atomic E-state index is 13.7. The van der Waals surface area contributed by atoms with E-state index in [1.807, 2.05) is 32.6 Å². The first-order valence-electron chi connectivity index (χ1n) is 25.8. The topological polar surface area (TPSA) is 245 Å². The number of amides is 5. The largest absolute Gasteiger partial charge is 0.461 e. The van der Waals surface area contributed by atoms with E-state index in [9.17, 15) is 33.6 Å². The van der Waals surface area contributed by atoms with Crippen molar-refractivity contribution in [3.05, 3.63) is 94.3 Å². The second-order valence-electron chi connectivity index (χ2n) is 19.6. The summed E-state index contributed by atoms with van der Waals surface area (Å²) in [5, 5.41) is 8.32. The number of Topliss-reactive ketones (excluding diaryl/α,β-unsaturated/α-hetero) is 2. The van der Waals surface area contributed by atoms with Gasteiger partial charge in [0, 0.05) is 80.6 Å². The van der Waals surface area contributed by atoms with Crippen molar-refractivity contribution in [2.45, 2.75) is 151 Å². The SMILES string of the molecule is CCCN(CCC)C(=O)C1=Cc2ccc(C(=O)Nc3cncc(CCC(=O)OCc4ccc(CC(=O)[C@H](CCCNC(N)=O)NC(=O)[C@@H](CC(=O)CCCCCCC(C)C)C(C)C)cc4)c3)cc2N=C(N)C1. The molecule has 0 spiro atoms. The fraction of sp³-hybridized carbons (Fsp3) is 0.518. The summed E-state index contributed by atoms with van der Waals surface area (Å²) in [6.07, 6.45) is 13.6. The Labute approximate surface area is 426 Å². The molecule has 0 saturated heterocycles. The van der Waals surface area contributed by atoms with Crippen molar-refractivity contribution < 1.29 is 38.3 Å². The Morgan fingerprint density at radius 3 is 2.19 bits per heavy atom. The number of ketones is 2. The maximum atomic E-state index is 13.7. The summed E-state index contributed by atoms with van der Waals surface area (Å²) in [6, 6.07) is 12.4. The number of amidine groups is 1. The minimum absolute atomic E-state index is 0.0143. The van der Waals surface area contributed by atoms with E-state index in [1.54, 1.807) is 60.8 Å². The molecule has 2 atom stereocenters. The predicted molar refractivity (Wildman–Crippen MR) is 282 cm³/mol. The van der Waals surface area contributed by atoms with Gasteiger partial charge in [-0.05, 0) is 91.3 Å². The van der Waals surface area contributed by atoms with Crippen molar-refractivity contribution in [2.24, 2.45) is 34.2 Å². The molecule has 0 radical (unpaired) electrons. The zero-order chi connectivity index (χ0) is 52.6. The number of carbonyl (C=O) groups excluding carboxylic acids is 7. The lowest BCUT2D eigenvalue weighted by atomic mass is 9.88. The molecule has 2 heterocycles. The molecule has 0 bridgehead atoms. The molecular weight excluding hydrogens is 913 g/mol. The lowest BCUT2D eigenvalue weighted by Gasteiger charge is -2.24. The fourth-order valence-corrected chi connectivity index (χ4v) is 8.50.